The molecule has 1 aromatic rings. The van der Waals surface area contributed by atoms with Crippen molar-refractivity contribution in [2.75, 3.05) is 0 Å². The van der Waals surface area contributed by atoms with Crippen molar-refractivity contribution in [3.63, 3.8) is 0 Å². The van der Waals surface area contributed by atoms with Crippen LogP contribution in [0.25, 0.3) is 0 Å². The highest BCUT2D eigenvalue weighted by molar-refractivity contribution is 7.10. The molecule has 2 unspecified atom stereocenters. The van der Waals surface area contributed by atoms with Crippen molar-refractivity contribution in [3.8, 4) is 0 Å². The summed E-state index contributed by atoms with van der Waals surface area (Å²) in [4.78, 5) is 13.1. The SMILES string of the molecule is Cc1ccsc1C1(C)CC(=O)NC1CC(C)C. The molecule has 1 aromatic heterocycles. The highest BCUT2D eigenvalue weighted by atomic mass is 32.1. The second-order valence-electron chi connectivity index (χ2n) is 5.78. The second-order valence-corrected chi connectivity index (χ2v) is 6.69. The third-order valence-electron chi connectivity index (χ3n) is 3.72. The highest BCUT2D eigenvalue weighted by Gasteiger charge is 2.45. The average Bonchev–Trinajstić information content (AvgIpc) is 2.72. The predicted octanol–water partition coefficient (Wildman–Crippen LogP) is 3.25. The first-order valence-corrected chi connectivity index (χ1v) is 7.15. The quantitative estimate of drug-likeness (QED) is 0.878. The fraction of sp³-hybridized carbons (Fsp3) is 0.643. The number of aryl methyl sites for hydroxylation is 1. The average molecular weight is 251 g/mol. The van der Waals surface area contributed by atoms with Crippen molar-refractivity contribution in [1.29, 1.82) is 0 Å². The van der Waals surface area contributed by atoms with Gasteiger partial charge < -0.3 is 5.32 Å². The van der Waals surface area contributed by atoms with Crippen LogP contribution in [0.1, 0.15) is 44.1 Å². The molecule has 2 nitrogen and oxygen atoms in total. The molecule has 1 aliphatic rings. The zero-order valence-electron chi connectivity index (χ0n) is 11.0. The minimum atomic E-state index is -0.0143. The molecular formula is C14H21NOS. The zero-order valence-corrected chi connectivity index (χ0v) is 11.9. The van der Waals surface area contributed by atoms with E-state index in [0.29, 0.717) is 12.3 Å². The molecular weight excluding hydrogens is 230 g/mol. The van der Waals surface area contributed by atoms with E-state index in [-0.39, 0.29) is 17.4 Å². The molecule has 1 saturated heterocycles. The van der Waals surface area contributed by atoms with Crippen molar-refractivity contribution in [3.05, 3.63) is 21.9 Å². The number of hydrogen-bond donors (Lipinski definition) is 1. The summed E-state index contributed by atoms with van der Waals surface area (Å²) in [6.07, 6.45) is 1.69. The Balaban J connectivity index is 2.33. The van der Waals surface area contributed by atoms with Gasteiger partial charge in [0.2, 0.25) is 5.91 Å². The van der Waals surface area contributed by atoms with Gasteiger partial charge in [0.1, 0.15) is 0 Å². The van der Waals surface area contributed by atoms with Gasteiger partial charge in [-0.05, 0) is 36.3 Å². The fourth-order valence-electron chi connectivity index (χ4n) is 2.85. The lowest BCUT2D eigenvalue weighted by atomic mass is 9.76. The molecule has 1 amide bonds. The van der Waals surface area contributed by atoms with Crippen LogP contribution in [0.4, 0.5) is 0 Å². The summed E-state index contributed by atoms with van der Waals surface area (Å²) >= 11 is 1.79. The van der Waals surface area contributed by atoms with Crippen molar-refractivity contribution in [2.24, 2.45) is 5.92 Å². The maximum absolute atomic E-state index is 11.8. The van der Waals surface area contributed by atoms with Crippen LogP contribution in [0.15, 0.2) is 11.4 Å². The lowest BCUT2D eigenvalue weighted by molar-refractivity contribution is -0.119. The number of nitrogens with one attached hydrogen (secondary N) is 1. The first-order valence-electron chi connectivity index (χ1n) is 6.27. The van der Waals surface area contributed by atoms with Crippen molar-refractivity contribution < 1.29 is 4.79 Å². The van der Waals surface area contributed by atoms with Crippen LogP contribution in [0.3, 0.4) is 0 Å². The van der Waals surface area contributed by atoms with Crippen LogP contribution in [0.2, 0.25) is 0 Å². The predicted molar refractivity (Wildman–Crippen MR) is 72.4 cm³/mol. The fourth-order valence-corrected chi connectivity index (χ4v) is 3.99. The van der Waals surface area contributed by atoms with Gasteiger partial charge in [-0.2, -0.15) is 0 Å². The molecule has 2 heterocycles. The number of thiophene rings is 1. The van der Waals surface area contributed by atoms with Crippen LogP contribution in [0.5, 0.6) is 0 Å². The molecule has 0 saturated carbocycles. The van der Waals surface area contributed by atoms with Gasteiger partial charge in [0.15, 0.2) is 0 Å². The third-order valence-corrected chi connectivity index (χ3v) is 5.02. The number of amides is 1. The van der Waals surface area contributed by atoms with Gasteiger partial charge in [-0.1, -0.05) is 20.8 Å². The first-order chi connectivity index (χ1) is 7.93. The largest absolute Gasteiger partial charge is 0.352 e. The molecule has 0 bridgehead atoms. The number of rotatable bonds is 3. The Bertz CT molecular complexity index is 424. The van der Waals surface area contributed by atoms with Gasteiger partial charge in [-0.15, -0.1) is 11.3 Å². The van der Waals surface area contributed by atoms with E-state index in [2.05, 4.69) is 44.5 Å². The van der Waals surface area contributed by atoms with E-state index in [1.807, 2.05) is 0 Å². The molecule has 1 N–H and O–H groups in total. The van der Waals surface area contributed by atoms with Crippen LogP contribution in [-0.4, -0.2) is 11.9 Å². The molecule has 0 radical (unpaired) electrons. The molecule has 3 heteroatoms. The minimum absolute atomic E-state index is 0.0143. The summed E-state index contributed by atoms with van der Waals surface area (Å²) in [5.41, 5.74) is 1.31. The molecule has 1 fully saturated rings. The molecule has 0 spiro atoms. The molecule has 1 aliphatic heterocycles. The summed E-state index contributed by atoms with van der Waals surface area (Å²) in [6, 6.07) is 2.44. The summed E-state index contributed by atoms with van der Waals surface area (Å²) < 4.78 is 0. The standard InChI is InChI=1S/C14H21NOS/c1-9(2)7-11-14(4,8-12(16)15-11)13-10(3)5-6-17-13/h5-6,9,11H,7-8H2,1-4H3,(H,15,16). The van der Waals surface area contributed by atoms with Crippen molar-refractivity contribution >= 4 is 17.2 Å². The lowest BCUT2D eigenvalue weighted by Gasteiger charge is -2.31. The van der Waals surface area contributed by atoms with E-state index >= 15 is 0 Å². The van der Waals surface area contributed by atoms with Crippen molar-refractivity contribution in [2.45, 2.75) is 52.0 Å². The minimum Gasteiger partial charge on any atom is -0.352 e. The smallest absolute Gasteiger partial charge is 0.221 e. The van der Waals surface area contributed by atoms with Crippen LogP contribution >= 0.6 is 11.3 Å². The Kier molecular flexibility index (Phi) is 3.30. The molecule has 94 valence electrons. The van der Waals surface area contributed by atoms with E-state index in [1.54, 1.807) is 11.3 Å². The van der Waals surface area contributed by atoms with Crippen LogP contribution in [-0.2, 0) is 10.2 Å². The number of carbonyl (C=O) groups excluding carboxylic acids is 1. The van der Waals surface area contributed by atoms with Gasteiger partial charge in [0.25, 0.3) is 0 Å². The lowest BCUT2D eigenvalue weighted by Crippen LogP contribution is -2.39. The normalized spacial score (nSPS) is 28.8. The van der Waals surface area contributed by atoms with Gasteiger partial charge >= 0.3 is 0 Å². The number of carbonyl (C=O) groups is 1. The third kappa shape index (κ3) is 2.25. The molecule has 0 aliphatic carbocycles. The molecule has 2 atom stereocenters. The van der Waals surface area contributed by atoms with Crippen LogP contribution in [0, 0.1) is 12.8 Å². The Morgan fingerprint density at radius 1 is 1.59 bits per heavy atom. The molecule has 2 rings (SSSR count). The van der Waals surface area contributed by atoms with Gasteiger partial charge in [0.05, 0.1) is 0 Å². The van der Waals surface area contributed by atoms with E-state index < -0.39 is 0 Å². The monoisotopic (exact) mass is 251 g/mol. The van der Waals surface area contributed by atoms with E-state index in [4.69, 9.17) is 0 Å². The van der Waals surface area contributed by atoms with E-state index in [9.17, 15) is 4.79 Å². The second kappa shape index (κ2) is 4.45. The van der Waals surface area contributed by atoms with Crippen LogP contribution < -0.4 is 5.32 Å². The van der Waals surface area contributed by atoms with Gasteiger partial charge in [-0.3, -0.25) is 4.79 Å². The topological polar surface area (TPSA) is 29.1 Å². The summed E-state index contributed by atoms with van der Waals surface area (Å²) in [5, 5.41) is 5.29. The molecule has 17 heavy (non-hydrogen) atoms. The number of hydrogen-bond acceptors (Lipinski definition) is 2. The maximum Gasteiger partial charge on any atom is 0.221 e. The maximum atomic E-state index is 11.8. The van der Waals surface area contributed by atoms with Crippen molar-refractivity contribution in [1.82, 2.24) is 5.32 Å². The summed E-state index contributed by atoms with van der Waals surface area (Å²) in [7, 11) is 0. The van der Waals surface area contributed by atoms with Gasteiger partial charge in [0, 0.05) is 22.8 Å². The Morgan fingerprint density at radius 3 is 2.82 bits per heavy atom. The Labute approximate surface area is 107 Å². The summed E-state index contributed by atoms with van der Waals surface area (Å²) in [5.74, 6) is 0.809. The van der Waals surface area contributed by atoms with Gasteiger partial charge in [-0.25, -0.2) is 0 Å². The molecule has 0 aromatic carbocycles. The summed E-state index contributed by atoms with van der Waals surface area (Å²) in [6.45, 7) is 8.81. The first kappa shape index (κ1) is 12.6. The zero-order chi connectivity index (χ0) is 12.6. The highest BCUT2D eigenvalue weighted by Crippen LogP contribution is 2.42. The van der Waals surface area contributed by atoms with E-state index in [0.717, 1.165) is 6.42 Å². The Morgan fingerprint density at radius 2 is 2.29 bits per heavy atom. The van der Waals surface area contributed by atoms with E-state index in [1.165, 1.54) is 10.4 Å². The Hall–Kier alpha value is -0.830.